The zero-order chi connectivity index (χ0) is 11.8. The van der Waals surface area contributed by atoms with E-state index >= 15 is 0 Å². The summed E-state index contributed by atoms with van der Waals surface area (Å²) in [5.74, 6) is 0. The van der Waals surface area contributed by atoms with Gasteiger partial charge in [0.2, 0.25) is 0 Å². The van der Waals surface area contributed by atoms with E-state index in [1.165, 1.54) is 10.4 Å². The highest BCUT2D eigenvalue weighted by molar-refractivity contribution is 7.22. The first kappa shape index (κ1) is 10.8. The molecule has 1 fully saturated rings. The standard InChI is InChI=1S/C12H16N4S/c1-15-5-7-16(8-6-15)9-3-2-4-10-11(9)14-12(13)17-10/h2-4H,5-8H2,1H3,(H2,13,14). The van der Waals surface area contributed by atoms with Gasteiger partial charge >= 0.3 is 0 Å². The van der Waals surface area contributed by atoms with E-state index in [-0.39, 0.29) is 0 Å². The lowest BCUT2D eigenvalue weighted by Crippen LogP contribution is -2.44. The lowest BCUT2D eigenvalue weighted by atomic mass is 10.2. The molecule has 1 aromatic heterocycles. The molecule has 17 heavy (non-hydrogen) atoms. The molecule has 0 radical (unpaired) electrons. The second kappa shape index (κ2) is 4.16. The number of hydrogen-bond donors (Lipinski definition) is 1. The number of anilines is 2. The van der Waals surface area contributed by atoms with E-state index in [1.54, 1.807) is 11.3 Å². The number of thiazole rings is 1. The molecule has 5 heteroatoms. The minimum atomic E-state index is 0.654. The fourth-order valence-electron chi connectivity index (χ4n) is 2.25. The van der Waals surface area contributed by atoms with Crippen molar-refractivity contribution in [1.82, 2.24) is 9.88 Å². The van der Waals surface area contributed by atoms with Gasteiger partial charge in [-0.3, -0.25) is 0 Å². The van der Waals surface area contributed by atoms with Crippen molar-refractivity contribution in [2.75, 3.05) is 43.9 Å². The molecule has 1 aliphatic rings. The Labute approximate surface area is 105 Å². The molecular formula is C12H16N4S. The first-order valence-corrected chi connectivity index (χ1v) is 6.64. The molecule has 1 aromatic carbocycles. The number of aromatic nitrogens is 1. The highest BCUT2D eigenvalue weighted by Crippen LogP contribution is 2.31. The number of hydrogen-bond acceptors (Lipinski definition) is 5. The second-order valence-corrected chi connectivity index (χ2v) is 5.53. The van der Waals surface area contributed by atoms with Gasteiger partial charge in [-0.2, -0.15) is 0 Å². The van der Waals surface area contributed by atoms with Crippen LogP contribution in [0, 0.1) is 0 Å². The van der Waals surface area contributed by atoms with Crippen molar-refractivity contribution >= 4 is 32.4 Å². The van der Waals surface area contributed by atoms with E-state index in [4.69, 9.17) is 5.73 Å². The third kappa shape index (κ3) is 1.96. The van der Waals surface area contributed by atoms with Gasteiger partial charge in [0.15, 0.2) is 5.13 Å². The Bertz CT molecular complexity index is 528. The lowest BCUT2D eigenvalue weighted by Gasteiger charge is -2.34. The number of nitrogen functional groups attached to an aromatic ring is 1. The van der Waals surface area contributed by atoms with Crippen LogP contribution in [0.4, 0.5) is 10.8 Å². The predicted octanol–water partition coefficient (Wildman–Crippen LogP) is 1.63. The van der Waals surface area contributed by atoms with Gasteiger partial charge in [0, 0.05) is 26.2 Å². The average molecular weight is 248 g/mol. The summed E-state index contributed by atoms with van der Waals surface area (Å²) >= 11 is 1.56. The van der Waals surface area contributed by atoms with Gasteiger partial charge in [-0.05, 0) is 19.2 Å². The number of piperazine rings is 1. The SMILES string of the molecule is CN1CCN(c2cccc3sc(N)nc23)CC1. The summed E-state index contributed by atoms with van der Waals surface area (Å²) in [5.41, 5.74) is 8.07. The zero-order valence-corrected chi connectivity index (χ0v) is 10.7. The number of rotatable bonds is 1. The van der Waals surface area contributed by atoms with E-state index in [0.29, 0.717) is 5.13 Å². The first-order valence-electron chi connectivity index (χ1n) is 5.82. The number of para-hydroxylation sites is 1. The summed E-state index contributed by atoms with van der Waals surface area (Å²) in [6.45, 7) is 4.34. The molecule has 2 heterocycles. The van der Waals surface area contributed by atoms with Crippen molar-refractivity contribution in [3.63, 3.8) is 0 Å². The van der Waals surface area contributed by atoms with Gasteiger partial charge in [0.1, 0.15) is 5.52 Å². The van der Waals surface area contributed by atoms with E-state index in [0.717, 1.165) is 31.7 Å². The molecule has 2 aromatic rings. The largest absolute Gasteiger partial charge is 0.375 e. The molecule has 0 unspecified atom stereocenters. The predicted molar refractivity (Wildman–Crippen MR) is 73.7 cm³/mol. The molecule has 4 nitrogen and oxygen atoms in total. The monoisotopic (exact) mass is 248 g/mol. The van der Waals surface area contributed by atoms with Crippen LogP contribution in [0.15, 0.2) is 18.2 Å². The molecule has 0 aliphatic carbocycles. The maximum Gasteiger partial charge on any atom is 0.181 e. The quantitative estimate of drug-likeness (QED) is 0.833. The third-order valence-electron chi connectivity index (χ3n) is 3.26. The Kier molecular flexibility index (Phi) is 2.64. The van der Waals surface area contributed by atoms with Crippen molar-refractivity contribution in [2.24, 2.45) is 0 Å². The van der Waals surface area contributed by atoms with Gasteiger partial charge in [-0.1, -0.05) is 17.4 Å². The normalized spacial score (nSPS) is 17.8. The summed E-state index contributed by atoms with van der Waals surface area (Å²) in [6.07, 6.45) is 0. The first-order chi connectivity index (χ1) is 8.24. The van der Waals surface area contributed by atoms with Gasteiger partial charge in [0.25, 0.3) is 0 Å². The molecule has 1 aliphatic heterocycles. The zero-order valence-electron chi connectivity index (χ0n) is 9.89. The number of likely N-dealkylation sites (N-methyl/N-ethyl adjacent to an activating group) is 1. The Hall–Kier alpha value is -1.33. The summed E-state index contributed by atoms with van der Waals surface area (Å²) in [6, 6.07) is 6.32. The second-order valence-electron chi connectivity index (χ2n) is 4.47. The molecule has 0 bridgehead atoms. The Morgan fingerprint density at radius 2 is 2.00 bits per heavy atom. The molecule has 90 valence electrons. The topological polar surface area (TPSA) is 45.4 Å². The Balaban J connectivity index is 1.99. The van der Waals surface area contributed by atoms with Crippen molar-refractivity contribution < 1.29 is 0 Å². The molecular weight excluding hydrogens is 232 g/mol. The van der Waals surface area contributed by atoms with Crippen molar-refractivity contribution in [2.45, 2.75) is 0 Å². The average Bonchev–Trinajstić information content (AvgIpc) is 2.70. The van der Waals surface area contributed by atoms with Crippen molar-refractivity contribution in [3.8, 4) is 0 Å². The summed E-state index contributed by atoms with van der Waals surface area (Å²) in [4.78, 5) is 9.21. The molecule has 1 saturated heterocycles. The van der Waals surface area contributed by atoms with Crippen LogP contribution >= 0.6 is 11.3 Å². The smallest absolute Gasteiger partial charge is 0.181 e. The number of nitrogens with two attached hydrogens (primary N) is 1. The van der Waals surface area contributed by atoms with Gasteiger partial charge in [0.05, 0.1) is 10.4 Å². The van der Waals surface area contributed by atoms with Crippen LogP contribution in [0.3, 0.4) is 0 Å². The molecule has 2 N–H and O–H groups in total. The van der Waals surface area contributed by atoms with Crippen LogP contribution < -0.4 is 10.6 Å². The molecule has 0 amide bonds. The molecule has 3 rings (SSSR count). The van der Waals surface area contributed by atoms with Crippen molar-refractivity contribution in [1.29, 1.82) is 0 Å². The third-order valence-corrected chi connectivity index (χ3v) is 4.11. The lowest BCUT2D eigenvalue weighted by molar-refractivity contribution is 0.313. The number of fused-ring (bicyclic) bond motifs is 1. The molecule has 0 saturated carbocycles. The Morgan fingerprint density at radius 3 is 2.76 bits per heavy atom. The number of benzene rings is 1. The molecule has 0 spiro atoms. The van der Waals surface area contributed by atoms with Crippen LogP contribution in [0.1, 0.15) is 0 Å². The molecule has 0 atom stereocenters. The van der Waals surface area contributed by atoms with Crippen LogP contribution in [-0.2, 0) is 0 Å². The number of nitrogens with zero attached hydrogens (tertiary/aromatic N) is 3. The van der Waals surface area contributed by atoms with Gasteiger partial charge < -0.3 is 15.5 Å². The highest BCUT2D eigenvalue weighted by Gasteiger charge is 2.17. The van der Waals surface area contributed by atoms with Crippen LogP contribution in [0.5, 0.6) is 0 Å². The maximum atomic E-state index is 5.79. The van der Waals surface area contributed by atoms with Crippen LogP contribution in [-0.4, -0.2) is 43.1 Å². The highest BCUT2D eigenvalue weighted by atomic mass is 32.1. The van der Waals surface area contributed by atoms with Crippen LogP contribution in [0.25, 0.3) is 10.2 Å². The minimum absolute atomic E-state index is 0.654. The van der Waals surface area contributed by atoms with E-state index in [1.807, 2.05) is 0 Å². The minimum Gasteiger partial charge on any atom is -0.375 e. The van der Waals surface area contributed by atoms with E-state index < -0.39 is 0 Å². The van der Waals surface area contributed by atoms with Gasteiger partial charge in [-0.15, -0.1) is 0 Å². The summed E-state index contributed by atoms with van der Waals surface area (Å²) in [5, 5.41) is 0.654. The summed E-state index contributed by atoms with van der Waals surface area (Å²) in [7, 11) is 2.17. The van der Waals surface area contributed by atoms with Crippen LogP contribution in [0.2, 0.25) is 0 Å². The fourth-order valence-corrected chi connectivity index (χ4v) is 3.01. The fraction of sp³-hybridized carbons (Fsp3) is 0.417. The Morgan fingerprint density at radius 1 is 1.24 bits per heavy atom. The van der Waals surface area contributed by atoms with E-state index in [9.17, 15) is 0 Å². The maximum absolute atomic E-state index is 5.79. The van der Waals surface area contributed by atoms with Gasteiger partial charge in [-0.25, -0.2) is 4.98 Å². The van der Waals surface area contributed by atoms with Crippen molar-refractivity contribution in [3.05, 3.63) is 18.2 Å². The van der Waals surface area contributed by atoms with E-state index in [2.05, 4.69) is 40.0 Å². The summed E-state index contributed by atoms with van der Waals surface area (Å²) < 4.78 is 1.18.